The van der Waals surface area contributed by atoms with Crippen molar-refractivity contribution in [3.8, 4) is 0 Å². The number of aromatic nitrogens is 2. The Morgan fingerprint density at radius 3 is 2.75 bits per heavy atom. The molecule has 1 saturated heterocycles. The second-order valence-electron chi connectivity index (χ2n) is 5.05. The lowest BCUT2D eigenvalue weighted by Gasteiger charge is -2.19. The van der Waals surface area contributed by atoms with Crippen molar-refractivity contribution >= 4 is 5.91 Å². The third-order valence-electron chi connectivity index (χ3n) is 3.70. The normalized spacial score (nSPS) is 23.3. The molecule has 1 aromatic heterocycles. The lowest BCUT2D eigenvalue weighted by Crippen LogP contribution is -2.33. The van der Waals surface area contributed by atoms with Crippen molar-refractivity contribution in [2.75, 3.05) is 19.6 Å². The molecule has 0 saturated carbocycles. The van der Waals surface area contributed by atoms with Crippen LogP contribution < -0.4 is 5.73 Å². The molecule has 8 heteroatoms. The predicted molar refractivity (Wildman–Crippen MR) is 65.6 cm³/mol. The third kappa shape index (κ3) is 3.30. The highest BCUT2D eigenvalue weighted by molar-refractivity contribution is 5.76. The van der Waals surface area contributed by atoms with Crippen molar-refractivity contribution < 1.29 is 18.0 Å². The van der Waals surface area contributed by atoms with E-state index in [1.54, 1.807) is 12.4 Å². The average Bonchev–Trinajstić information content (AvgIpc) is 3.03. The van der Waals surface area contributed by atoms with Crippen molar-refractivity contribution in [3.63, 3.8) is 0 Å². The van der Waals surface area contributed by atoms with E-state index in [0.29, 0.717) is 6.42 Å². The fraction of sp³-hybridized carbons (Fsp3) is 0.667. The van der Waals surface area contributed by atoms with Crippen molar-refractivity contribution in [1.29, 1.82) is 0 Å². The number of rotatable bonds is 4. The van der Waals surface area contributed by atoms with Crippen LogP contribution in [0.4, 0.5) is 13.2 Å². The Kier molecular flexibility index (Phi) is 4.32. The first-order valence-corrected chi connectivity index (χ1v) is 6.44. The topological polar surface area (TPSA) is 75.0 Å². The van der Waals surface area contributed by atoms with Gasteiger partial charge < -0.3 is 10.6 Å². The summed E-state index contributed by atoms with van der Waals surface area (Å²) >= 11 is 0. The molecule has 1 aliphatic heterocycles. The maximum absolute atomic E-state index is 12.8. The predicted octanol–water partition coefficient (Wildman–Crippen LogP) is 0.938. The molecular formula is C12H17F3N4O. The van der Waals surface area contributed by atoms with E-state index >= 15 is 0 Å². The molecule has 20 heavy (non-hydrogen) atoms. The molecule has 112 valence electrons. The number of H-pyrrole nitrogens is 1. The summed E-state index contributed by atoms with van der Waals surface area (Å²) in [7, 11) is 0. The highest BCUT2D eigenvalue weighted by Crippen LogP contribution is 2.37. The number of hydrogen-bond donors (Lipinski definition) is 2. The van der Waals surface area contributed by atoms with Gasteiger partial charge in [0.1, 0.15) is 0 Å². The van der Waals surface area contributed by atoms with E-state index < -0.39 is 18.0 Å². The second kappa shape index (κ2) is 5.82. The van der Waals surface area contributed by atoms with Gasteiger partial charge in [-0.05, 0) is 18.5 Å². The number of carbonyl (C=O) groups excluding carboxylic acids is 1. The molecule has 0 bridgehead atoms. The van der Waals surface area contributed by atoms with E-state index in [-0.39, 0.29) is 32.0 Å². The molecular weight excluding hydrogens is 273 g/mol. The maximum atomic E-state index is 12.8. The third-order valence-corrected chi connectivity index (χ3v) is 3.70. The Bertz CT molecular complexity index is 446. The Hall–Kier alpha value is -1.57. The smallest absolute Gasteiger partial charge is 0.342 e. The monoisotopic (exact) mass is 290 g/mol. The van der Waals surface area contributed by atoms with Gasteiger partial charge in [-0.1, -0.05) is 0 Å². The van der Waals surface area contributed by atoms with E-state index in [1.165, 1.54) is 4.90 Å². The summed E-state index contributed by atoms with van der Waals surface area (Å²) in [5.41, 5.74) is 6.25. The number of nitrogens with one attached hydrogen (secondary N) is 1. The van der Waals surface area contributed by atoms with Gasteiger partial charge in [-0.15, -0.1) is 0 Å². The van der Waals surface area contributed by atoms with Crippen LogP contribution in [0.2, 0.25) is 0 Å². The molecule has 1 fully saturated rings. The second-order valence-corrected chi connectivity index (χ2v) is 5.05. The van der Waals surface area contributed by atoms with E-state index in [0.717, 1.165) is 5.56 Å². The first-order valence-electron chi connectivity index (χ1n) is 6.44. The highest BCUT2D eigenvalue weighted by atomic mass is 19.4. The SMILES string of the molecule is NCC1CN(C(=O)CCc2cn[nH]c2)CC1C(F)(F)F. The van der Waals surface area contributed by atoms with Crippen molar-refractivity contribution in [1.82, 2.24) is 15.1 Å². The van der Waals surface area contributed by atoms with Crippen LogP contribution in [-0.4, -0.2) is 46.8 Å². The van der Waals surface area contributed by atoms with Crippen LogP contribution in [-0.2, 0) is 11.2 Å². The Morgan fingerprint density at radius 1 is 1.50 bits per heavy atom. The van der Waals surface area contributed by atoms with Crippen molar-refractivity contribution in [2.24, 2.45) is 17.6 Å². The van der Waals surface area contributed by atoms with Crippen LogP contribution >= 0.6 is 0 Å². The molecule has 0 radical (unpaired) electrons. The Morgan fingerprint density at radius 2 is 2.25 bits per heavy atom. The summed E-state index contributed by atoms with van der Waals surface area (Å²) in [5.74, 6) is -2.48. The van der Waals surface area contributed by atoms with Gasteiger partial charge in [-0.25, -0.2) is 0 Å². The molecule has 2 atom stereocenters. The van der Waals surface area contributed by atoms with Gasteiger partial charge in [-0.2, -0.15) is 18.3 Å². The maximum Gasteiger partial charge on any atom is 0.393 e. The van der Waals surface area contributed by atoms with E-state index in [1.807, 2.05) is 0 Å². The molecule has 0 aromatic carbocycles. The molecule has 1 amide bonds. The summed E-state index contributed by atoms with van der Waals surface area (Å²) in [6.07, 6.45) is -0.391. The zero-order valence-corrected chi connectivity index (χ0v) is 10.9. The van der Waals surface area contributed by atoms with Crippen LogP contribution in [0.1, 0.15) is 12.0 Å². The molecule has 0 aliphatic carbocycles. The van der Waals surface area contributed by atoms with Crippen molar-refractivity contribution in [3.05, 3.63) is 18.0 Å². The van der Waals surface area contributed by atoms with E-state index in [2.05, 4.69) is 10.2 Å². The molecule has 2 heterocycles. The number of carbonyl (C=O) groups is 1. The molecule has 2 unspecified atom stereocenters. The molecule has 1 aromatic rings. The van der Waals surface area contributed by atoms with Crippen LogP contribution in [0.15, 0.2) is 12.4 Å². The van der Waals surface area contributed by atoms with Crippen LogP contribution in [0, 0.1) is 11.8 Å². The highest BCUT2D eigenvalue weighted by Gasteiger charge is 2.49. The summed E-state index contributed by atoms with van der Waals surface area (Å²) in [6.45, 7) is -0.254. The van der Waals surface area contributed by atoms with E-state index in [4.69, 9.17) is 5.73 Å². The molecule has 2 rings (SSSR count). The lowest BCUT2D eigenvalue weighted by atomic mass is 9.96. The van der Waals surface area contributed by atoms with Gasteiger partial charge in [0.15, 0.2) is 0 Å². The van der Waals surface area contributed by atoms with Gasteiger partial charge in [0, 0.05) is 31.6 Å². The average molecular weight is 290 g/mol. The quantitative estimate of drug-likeness (QED) is 0.866. The summed E-state index contributed by atoms with van der Waals surface area (Å²) < 4.78 is 38.5. The van der Waals surface area contributed by atoms with E-state index in [9.17, 15) is 18.0 Å². The number of hydrogen-bond acceptors (Lipinski definition) is 3. The van der Waals surface area contributed by atoms with Crippen LogP contribution in [0.25, 0.3) is 0 Å². The van der Waals surface area contributed by atoms with Gasteiger partial charge in [-0.3, -0.25) is 9.89 Å². The van der Waals surface area contributed by atoms with Crippen molar-refractivity contribution in [2.45, 2.75) is 19.0 Å². The molecule has 1 aliphatic rings. The molecule has 3 N–H and O–H groups in total. The number of alkyl halides is 3. The standard InChI is InChI=1S/C12H17F3N4O/c13-12(14,15)10-7-19(6-9(10)3-16)11(20)2-1-8-4-17-18-5-8/h4-5,9-10H,1-3,6-7,16H2,(H,17,18). The summed E-state index contributed by atoms with van der Waals surface area (Å²) in [6, 6.07) is 0. The van der Waals surface area contributed by atoms with Gasteiger partial charge in [0.25, 0.3) is 0 Å². The molecule has 0 spiro atoms. The van der Waals surface area contributed by atoms with Crippen LogP contribution in [0.3, 0.4) is 0 Å². The van der Waals surface area contributed by atoms with Gasteiger partial charge in [0.05, 0.1) is 12.1 Å². The summed E-state index contributed by atoms with van der Waals surface area (Å²) in [5, 5.41) is 6.38. The number of likely N-dealkylation sites (tertiary alicyclic amines) is 1. The minimum absolute atomic E-state index is 0.0598. The largest absolute Gasteiger partial charge is 0.393 e. The number of aryl methyl sites for hydroxylation is 1. The zero-order valence-electron chi connectivity index (χ0n) is 10.9. The number of amides is 1. The fourth-order valence-corrected chi connectivity index (χ4v) is 2.51. The number of aromatic amines is 1. The number of nitrogens with zero attached hydrogens (tertiary/aromatic N) is 2. The fourth-order valence-electron chi connectivity index (χ4n) is 2.51. The first kappa shape index (κ1) is 14.8. The minimum atomic E-state index is -4.30. The number of halogens is 3. The van der Waals surface area contributed by atoms with Crippen LogP contribution in [0.5, 0.6) is 0 Å². The van der Waals surface area contributed by atoms with Gasteiger partial charge >= 0.3 is 6.18 Å². The zero-order chi connectivity index (χ0) is 14.8. The number of nitrogens with two attached hydrogens (primary N) is 1. The molecule has 5 nitrogen and oxygen atoms in total. The Balaban J connectivity index is 1.91. The lowest BCUT2D eigenvalue weighted by molar-refractivity contribution is -0.179. The summed E-state index contributed by atoms with van der Waals surface area (Å²) in [4.78, 5) is 13.2. The minimum Gasteiger partial charge on any atom is -0.342 e. The Labute approximate surface area is 114 Å². The van der Waals surface area contributed by atoms with Gasteiger partial charge in [0.2, 0.25) is 5.91 Å². The first-order chi connectivity index (χ1) is 9.41.